The number of carbonyl (C=O) groups is 3. The fourth-order valence-corrected chi connectivity index (χ4v) is 7.85. The minimum Gasteiger partial charge on any atom is -0.477 e. The van der Waals surface area contributed by atoms with Gasteiger partial charge in [-0.2, -0.15) is 0 Å². The second kappa shape index (κ2) is 54.5. The molecule has 0 radical (unpaired) electrons. The molecule has 1 N–H and O–H groups in total. The van der Waals surface area contributed by atoms with Crippen LogP contribution in [0.15, 0.2) is 97.2 Å². The van der Waals surface area contributed by atoms with Gasteiger partial charge in [0, 0.05) is 12.8 Å². The zero-order chi connectivity index (χ0) is 53.4. The van der Waals surface area contributed by atoms with E-state index in [1.165, 1.54) is 116 Å². The Hall–Kier alpha value is -3.79. The molecule has 0 aliphatic heterocycles. The minimum atomic E-state index is -1.51. The first-order valence-corrected chi connectivity index (χ1v) is 29.4. The Labute approximate surface area is 448 Å². The zero-order valence-electron chi connectivity index (χ0n) is 47.5. The third-order valence-corrected chi connectivity index (χ3v) is 12.4. The Balaban J connectivity index is 3.93. The lowest BCUT2D eigenvalue weighted by Crippen LogP contribution is -2.40. The van der Waals surface area contributed by atoms with Crippen molar-refractivity contribution in [1.82, 2.24) is 0 Å². The van der Waals surface area contributed by atoms with Crippen LogP contribution in [0.4, 0.5) is 0 Å². The number of carboxylic acids is 1. The summed E-state index contributed by atoms with van der Waals surface area (Å²) in [5.74, 6) is -2.01. The second-order valence-electron chi connectivity index (χ2n) is 20.6. The van der Waals surface area contributed by atoms with Gasteiger partial charge in [0.05, 0.1) is 34.4 Å². The summed E-state index contributed by atoms with van der Waals surface area (Å²) in [5.41, 5.74) is 0. The number of esters is 2. The summed E-state index contributed by atoms with van der Waals surface area (Å²) in [6.45, 7) is 4.71. The summed E-state index contributed by atoms with van der Waals surface area (Å²) in [4.78, 5) is 37.1. The maximum atomic E-state index is 12.8. The van der Waals surface area contributed by atoms with Crippen LogP contribution in [0.5, 0.6) is 0 Å². The molecule has 2 atom stereocenters. The van der Waals surface area contributed by atoms with Gasteiger partial charge in [0.25, 0.3) is 6.29 Å². The van der Waals surface area contributed by atoms with Crippen LogP contribution >= 0.6 is 0 Å². The van der Waals surface area contributed by atoms with Gasteiger partial charge in [-0.25, -0.2) is 4.79 Å². The van der Waals surface area contributed by atoms with Crippen molar-refractivity contribution >= 4 is 17.9 Å². The predicted molar refractivity (Wildman–Crippen MR) is 309 cm³/mol. The van der Waals surface area contributed by atoms with E-state index >= 15 is 0 Å². The van der Waals surface area contributed by atoms with Gasteiger partial charge in [0.1, 0.15) is 13.2 Å². The second-order valence-corrected chi connectivity index (χ2v) is 20.6. The topological polar surface area (TPSA) is 108 Å². The van der Waals surface area contributed by atoms with E-state index in [0.717, 1.165) is 89.9 Å². The molecule has 0 fully saturated rings. The third kappa shape index (κ3) is 55.8. The monoisotopic (exact) mass is 1020 g/mol. The van der Waals surface area contributed by atoms with Crippen molar-refractivity contribution < 1.29 is 42.9 Å². The molecule has 0 bridgehead atoms. The summed E-state index contributed by atoms with van der Waals surface area (Å²) >= 11 is 0. The smallest absolute Gasteiger partial charge is 0.361 e. The maximum Gasteiger partial charge on any atom is 0.361 e. The number of carboxylic acid groups (broad SMARTS) is 1. The lowest BCUT2D eigenvalue weighted by Gasteiger charge is -2.25. The molecule has 0 aromatic rings. The number of aliphatic carboxylic acids is 1. The SMILES string of the molecule is CC/C=C\C/C=C\C/C=C\C/C=C\C/C=C\C/C=C\C/C=C\C/C=C\CCCCCCCCCCCCCCCCCCC(=O)OC(COC(=O)CCCCCCCCC)COC(OCC[N+](C)(C)C)C(=O)O. The number of ether oxygens (including phenoxy) is 4. The van der Waals surface area contributed by atoms with Crippen LogP contribution in [-0.2, 0) is 33.3 Å². The lowest BCUT2D eigenvalue weighted by atomic mass is 10.0. The minimum absolute atomic E-state index is 0.182. The van der Waals surface area contributed by atoms with Gasteiger partial charge in [0.15, 0.2) is 6.10 Å². The fourth-order valence-electron chi connectivity index (χ4n) is 7.85. The van der Waals surface area contributed by atoms with E-state index in [0.29, 0.717) is 17.4 Å². The molecule has 9 nitrogen and oxygen atoms in total. The van der Waals surface area contributed by atoms with E-state index in [1.807, 2.05) is 21.1 Å². The first-order chi connectivity index (χ1) is 35.6. The number of rotatable bonds is 53. The Kier molecular flexibility index (Phi) is 51.6. The molecule has 0 rings (SSSR count). The highest BCUT2D eigenvalue weighted by Gasteiger charge is 2.25. The average molecular weight is 1020 g/mol. The summed E-state index contributed by atoms with van der Waals surface area (Å²) in [6, 6.07) is 0. The number of hydrogen-bond donors (Lipinski definition) is 1. The number of likely N-dealkylation sites (N-methyl/N-ethyl adjacent to an activating group) is 1. The molecule has 9 heteroatoms. The number of allylic oxidation sites excluding steroid dienone is 16. The standard InChI is InChI=1S/C64H109NO8/c1-6-8-10-12-14-15-16-17-18-19-20-21-22-23-24-25-26-27-28-29-30-31-32-33-34-35-36-37-38-39-40-41-42-43-44-45-46-47-49-51-53-55-62(67)73-60(58-71-61(66)54-52-50-48-13-11-9-7-2)59-72-64(63(68)69)70-57-56-65(3,4)5/h8,10,14-15,17-18,20-21,23-24,26-27,29-30,32-33,60,64H,6-7,9,11-13,16,19,22,25,28,31,34-59H2,1-5H3/p+1/b10-8-,15-14-,18-17-,21-20-,24-23-,27-26-,30-29-,33-32-. The van der Waals surface area contributed by atoms with E-state index in [4.69, 9.17) is 18.9 Å². The molecule has 0 heterocycles. The van der Waals surface area contributed by atoms with Crippen molar-refractivity contribution in [3.63, 3.8) is 0 Å². The predicted octanol–water partition coefficient (Wildman–Crippen LogP) is 17.3. The molecule has 418 valence electrons. The molecule has 0 aromatic heterocycles. The summed E-state index contributed by atoms with van der Waals surface area (Å²) in [5, 5.41) is 9.64. The molecule has 0 spiro atoms. The van der Waals surface area contributed by atoms with Crippen LogP contribution < -0.4 is 0 Å². The summed E-state index contributed by atoms with van der Waals surface area (Å²) < 4.78 is 22.7. The zero-order valence-corrected chi connectivity index (χ0v) is 47.5. The van der Waals surface area contributed by atoms with Crippen molar-refractivity contribution in [2.75, 3.05) is 47.5 Å². The first-order valence-electron chi connectivity index (χ1n) is 29.4. The van der Waals surface area contributed by atoms with Gasteiger partial charge in [-0.3, -0.25) is 9.59 Å². The summed E-state index contributed by atoms with van der Waals surface area (Å²) in [7, 11) is 5.95. The highest BCUT2D eigenvalue weighted by atomic mass is 16.7. The van der Waals surface area contributed by atoms with E-state index in [9.17, 15) is 19.5 Å². The molecule has 0 amide bonds. The summed E-state index contributed by atoms with van der Waals surface area (Å²) in [6.07, 6.45) is 71.1. The fraction of sp³-hybridized carbons (Fsp3) is 0.703. The van der Waals surface area contributed by atoms with Crippen molar-refractivity contribution in [2.45, 2.75) is 245 Å². The Morgan fingerprint density at radius 1 is 0.425 bits per heavy atom. The van der Waals surface area contributed by atoms with Crippen LogP contribution in [0.2, 0.25) is 0 Å². The number of hydrogen-bond acceptors (Lipinski definition) is 7. The van der Waals surface area contributed by atoms with Crippen LogP contribution in [0.3, 0.4) is 0 Å². The number of carbonyl (C=O) groups excluding carboxylic acids is 2. The molecular weight excluding hydrogens is 911 g/mol. The average Bonchev–Trinajstić information content (AvgIpc) is 3.36. The van der Waals surface area contributed by atoms with E-state index in [-0.39, 0.29) is 32.2 Å². The van der Waals surface area contributed by atoms with Crippen LogP contribution in [0.25, 0.3) is 0 Å². The number of unbranched alkanes of at least 4 members (excludes halogenated alkanes) is 22. The molecule has 2 unspecified atom stereocenters. The van der Waals surface area contributed by atoms with Crippen LogP contribution in [0, 0.1) is 0 Å². The molecule has 0 aliphatic carbocycles. The van der Waals surface area contributed by atoms with Crippen LogP contribution in [0.1, 0.15) is 232 Å². The van der Waals surface area contributed by atoms with Crippen molar-refractivity contribution in [3.05, 3.63) is 97.2 Å². The Morgan fingerprint density at radius 3 is 1.16 bits per heavy atom. The molecule has 0 saturated carbocycles. The Bertz CT molecular complexity index is 1520. The largest absolute Gasteiger partial charge is 0.477 e. The number of nitrogens with zero attached hydrogens (tertiary/aromatic N) is 1. The normalized spacial score (nSPS) is 13.5. The van der Waals surface area contributed by atoms with Gasteiger partial charge in [0.2, 0.25) is 0 Å². The highest BCUT2D eigenvalue weighted by molar-refractivity contribution is 5.71. The van der Waals surface area contributed by atoms with Crippen molar-refractivity contribution in [3.8, 4) is 0 Å². The number of quaternary nitrogens is 1. The molecule has 73 heavy (non-hydrogen) atoms. The van der Waals surface area contributed by atoms with Crippen molar-refractivity contribution in [2.24, 2.45) is 0 Å². The molecule has 0 aromatic carbocycles. The van der Waals surface area contributed by atoms with Gasteiger partial charge in [-0.15, -0.1) is 0 Å². The first kappa shape index (κ1) is 69.2. The molecular formula is C64H110NO8+. The van der Waals surface area contributed by atoms with Gasteiger partial charge < -0.3 is 28.5 Å². The van der Waals surface area contributed by atoms with Crippen molar-refractivity contribution in [1.29, 1.82) is 0 Å². The van der Waals surface area contributed by atoms with E-state index in [1.54, 1.807) is 0 Å². The highest BCUT2D eigenvalue weighted by Crippen LogP contribution is 2.16. The quantitative estimate of drug-likeness (QED) is 0.0211. The maximum absolute atomic E-state index is 12.8. The van der Waals surface area contributed by atoms with Gasteiger partial charge in [-0.1, -0.05) is 239 Å². The van der Waals surface area contributed by atoms with E-state index in [2.05, 4.69) is 111 Å². The third-order valence-electron chi connectivity index (χ3n) is 12.4. The molecule has 0 saturated heterocycles. The van der Waals surface area contributed by atoms with E-state index < -0.39 is 24.3 Å². The van der Waals surface area contributed by atoms with Gasteiger partial charge >= 0.3 is 17.9 Å². The van der Waals surface area contributed by atoms with Crippen LogP contribution in [-0.4, -0.2) is 87.4 Å². The van der Waals surface area contributed by atoms with Gasteiger partial charge in [-0.05, 0) is 77.0 Å². The Morgan fingerprint density at radius 2 is 0.781 bits per heavy atom. The lowest BCUT2D eigenvalue weighted by molar-refractivity contribution is -0.870. The molecule has 0 aliphatic rings.